The first kappa shape index (κ1) is 18.3. The third-order valence-electron chi connectivity index (χ3n) is 4.21. The zero-order chi connectivity index (χ0) is 18.2. The SMILES string of the molecule is Cn1c(Cl)cnc1CN1CCN(c2ncc(C(F)(F)F)cc2Cl)CC1. The number of rotatable bonds is 3. The normalized spacial score (nSPS) is 16.5. The molecule has 2 aromatic rings. The molecule has 0 bridgehead atoms. The van der Waals surface area contributed by atoms with Gasteiger partial charge in [0, 0.05) is 39.4 Å². The van der Waals surface area contributed by atoms with E-state index in [2.05, 4.69) is 14.9 Å². The fourth-order valence-electron chi connectivity index (χ4n) is 2.71. The minimum Gasteiger partial charge on any atom is -0.353 e. The number of alkyl halides is 3. The van der Waals surface area contributed by atoms with Crippen molar-refractivity contribution in [2.45, 2.75) is 12.7 Å². The highest BCUT2D eigenvalue weighted by molar-refractivity contribution is 6.33. The largest absolute Gasteiger partial charge is 0.417 e. The first-order valence-corrected chi connectivity index (χ1v) is 8.37. The lowest BCUT2D eigenvalue weighted by atomic mass is 10.2. The van der Waals surface area contributed by atoms with Crippen molar-refractivity contribution in [1.82, 2.24) is 19.4 Å². The summed E-state index contributed by atoms with van der Waals surface area (Å²) in [4.78, 5) is 12.3. The molecule has 0 spiro atoms. The Morgan fingerprint density at radius 2 is 1.76 bits per heavy atom. The summed E-state index contributed by atoms with van der Waals surface area (Å²) in [6, 6.07) is 0.923. The summed E-state index contributed by atoms with van der Waals surface area (Å²) >= 11 is 12.0. The van der Waals surface area contributed by atoms with Crippen molar-refractivity contribution in [3.63, 3.8) is 0 Å². The molecule has 2 aromatic heterocycles. The first-order chi connectivity index (χ1) is 11.8. The van der Waals surface area contributed by atoms with Crippen molar-refractivity contribution >= 4 is 29.0 Å². The maximum Gasteiger partial charge on any atom is 0.417 e. The van der Waals surface area contributed by atoms with Crippen molar-refractivity contribution < 1.29 is 13.2 Å². The molecule has 1 aliphatic heterocycles. The van der Waals surface area contributed by atoms with E-state index in [0.717, 1.165) is 31.2 Å². The Balaban J connectivity index is 1.63. The van der Waals surface area contributed by atoms with E-state index in [1.807, 2.05) is 16.5 Å². The zero-order valence-electron chi connectivity index (χ0n) is 13.4. The van der Waals surface area contributed by atoms with Crippen LogP contribution in [0.5, 0.6) is 0 Å². The summed E-state index contributed by atoms with van der Waals surface area (Å²) in [5, 5.41) is 0.591. The summed E-state index contributed by atoms with van der Waals surface area (Å²) in [5.41, 5.74) is -0.841. The molecule has 0 unspecified atom stereocenters. The third-order valence-corrected chi connectivity index (χ3v) is 4.84. The summed E-state index contributed by atoms with van der Waals surface area (Å²) < 4.78 is 39.9. The molecule has 1 fully saturated rings. The van der Waals surface area contributed by atoms with E-state index in [0.29, 0.717) is 30.6 Å². The quantitative estimate of drug-likeness (QED) is 0.799. The van der Waals surface area contributed by atoms with Crippen molar-refractivity contribution in [2.75, 3.05) is 31.1 Å². The molecule has 1 saturated heterocycles. The highest BCUT2D eigenvalue weighted by Gasteiger charge is 2.32. The number of anilines is 1. The second-order valence-corrected chi connectivity index (χ2v) is 6.64. The van der Waals surface area contributed by atoms with Gasteiger partial charge in [0.05, 0.1) is 23.3 Å². The van der Waals surface area contributed by atoms with Gasteiger partial charge in [-0.3, -0.25) is 4.90 Å². The molecular weight excluding hydrogens is 378 g/mol. The average Bonchev–Trinajstić information content (AvgIpc) is 2.87. The van der Waals surface area contributed by atoms with E-state index in [9.17, 15) is 13.2 Å². The second-order valence-electron chi connectivity index (χ2n) is 5.85. The first-order valence-electron chi connectivity index (χ1n) is 7.62. The third kappa shape index (κ3) is 4.02. The number of halogens is 5. The predicted molar refractivity (Wildman–Crippen MR) is 90.0 cm³/mol. The van der Waals surface area contributed by atoms with Crippen LogP contribution >= 0.6 is 23.2 Å². The lowest BCUT2D eigenvalue weighted by molar-refractivity contribution is -0.137. The minimum absolute atomic E-state index is 0.0131. The maximum absolute atomic E-state index is 12.7. The average molecular weight is 394 g/mol. The van der Waals surface area contributed by atoms with E-state index in [-0.39, 0.29) is 5.02 Å². The molecule has 136 valence electrons. The summed E-state index contributed by atoms with van der Waals surface area (Å²) in [7, 11) is 1.85. The van der Waals surface area contributed by atoms with Crippen molar-refractivity contribution in [2.24, 2.45) is 7.05 Å². The van der Waals surface area contributed by atoms with Gasteiger partial charge in [-0.05, 0) is 6.07 Å². The summed E-state index contributed by atoms with van der Waals surface area (Å²) in [6.07, 6.45) is -2.01. The molecule has 0 amide bonds. The van der Waals surface area contributed by atoms with Crippen LogP contribution in [0.15, 0.2) is 18.5 Å². The van der Waals surface area contributed by atoms with E-state index < -0.39 is 11.7 Å². The summed E-state index contributed by atoms with van der Waals surface area (Å²) in [5.74, 6) is 1.25. The lowest BCUT2D eigenvalue weighted by Gasteiger charge is -2.35. The van der Waals surface area contributed by atoms with Crippen LogP contribution in [0.3, 0.4) is 0 Å². The highest BCUT2D eigenvalue weighted by Crippen LogP contribution is 2.33. The monoisotopic (exact) mass is 393 g/mol. The number of aromatic nitrogens is 3. The van der Waals surface area contributed by atoms with Gasteiger partial charge >= 0.3 is 6.18 Å². The fraction of sp³-hybridized carbons (Fsp3) is 0.467. The van der Waals surface area contributed by atoms with Gasteiger partial charge in [0.2, 0.25) is 0 Å². The molecule has 25 heavy (non-hydrogen) atoms. The van der Waals surface area contributed by atoms with Crippen LogP contribution in [0, 0.1) is 0 Å². The number of imidazole rings is 1. The highest BCUT2D eigenvalue weighted by atomic mass is 35.5. The molecule has 0 aromatic carbocycles. The predicted octanol–water partition coefficient (Wildman–Crippen LogP) is 3.46. The van der Waals surface area contributed by atoms with E-state index in [1.54, 1.807) is 6.20 Å². The molecule has 0 saturated carbocycles. The molecule has 5 nitrogen and oxygen atoms in total. The Morgan fingerprint density at radius 1 is 1.08 bits per heavy atom. The van der Waals surface area contributed by atoms with Gasteiger partial charge in [-0.25, -0.2) is 9.97 Å². The molecule has 1 aliphatic rings. The van der Waals surface area contributed by atoms with Gasteiger partial charge in [-0.2, -0.15) is 13.2 Å². The number of nitrogens with zero attached hydrogens (tertiary/aromatic N) is 5. The number of piperazine rings is 1. The Labute approximate surface area is 153 Å². The molecule has 0 N–H and O–H groups in total. The van der Waals surface area contributed by atoms with Crippen LogP contribution in [-0.4, -0.2) is 45.6 Å². The molecule has 3 heterocycles. The smallest absolute Gasteiger partial charge is 0.353 e. The Kier molecular flexibility index (Phi) is 5.13. The van der Waals surface area contributed by atoms with Crippen molar-refractivity contribution in [3.8, 4) is 0 Å². The lowest BCUT2D eigenvalue weighted by Crippen LogP contribution is -2.46. The van der Waals surface area contributed by atoms with Crippen molar-refractivity contribution in [3.05, 3.63) is 40.0 Å². The van der Waals surface area contributed by atoms with Crippen molar-refractivity contribution in [1.29, 1.82) is 0 Å². The topological polar surface area (TPSA) is 37.2 Å². The van der Waals surface area contributed by atoms with E-state index in [1.165, 1.54) is 0 Å². The van der Waals surface area contributed by atoms with Gasteiger partial charge in [0.25, 0.3) is 0 Å². The summed E-state index contributed by atoms with van der Waals surface area (Å²) in [6.45, 7) is 3.35. The standard InChI is InChI=1S/C15H16Cl2F3N5/c1-23-12(17)8-21-13(23)9-24-2-4-25(5-3-24)14-11(16)6-10(7-22-14)15(18,19)20/h6-8H,2-5,9H2,1H3. The maximum atomic E-state index is 12.7. The molecule has 0 aliphatic carbocycles. The molecular formula is C15H16Cl2F3N5. The minimum atomic E-state index is -4.45. The Morgan fingerprint density at radius 3 is 2.28 bits per heavy atom. The van der Waals surface area contributed by atoms with Crippen LogP contribution in [0.1, 0.15) is 11.4 Å². The molecule has 10 heteroatoms. The van der Waals surface area contributed by atoms with Gasteiger partial charge in [0.1, 0.15) is 16.8 Å². The fourth-order valence-corrected chi connectivity index (χ4v) is 3.14. The Bertz CT molecular complexity index is 754. The van der Waals surface area contributed by atoms with E-state index in [4.69, 9.17) is 23.2 Å². The zero-order valence-corrected chi connectivity index (χ0v) is 14.9. The molecule has 0 radical (unpaired) electrons. The number of hydrogen-bond donors (Lipinski definition) is 0. The van der Waals surface area contributed by atoms with Crippen LogP contribution < -0.4 is 4.90 Å². The van der Waals surface area contributed by atoms with Gasteiger partial charge < -0.3 is 9.47 Å². The number of hydrogen-bond acceptors (Lipinski definition) is 4. The van der Waals surface area contributed by atoms with Crippen LogP contribution in [0.25, 0.3) is 0 Å². The molecule has 0 atom stereocenters. The van der Waals surface area contributed by atoms with Gasteiger partial charge in [-0.15, -0.1) is 0 Å². The van der Waals surface area contributed by atoms with Gasteiger partial charge in [0.15, 0.2) is 0 Å². The van der Waals surface area contributed by atoms with Crippen LogP contribution in [0.4, 0.5) is 19.0 Å². The van der Waals surface area contributed by atoms with Crippen LogP contribution in [-0.2, 0) is 19.8 Å². The van der Waals surface area contributed by atoms with Gasteiger partial charge in [-0.1, -0.05) is 23.2 Å². The molecule has 3 rings (SSSR count). The second kappa shape index (κ2) is 7.01. The van der Waals surface area contributed by atoms with Crippen LogP contribution in [0.2, 0.25) is 10.2 Å². The number of pyridine rings is 1. The van der Waals surface area contributed by atoms with E-state index >= 15 is 0 Å². The Hall–Kier alpha value is -1.51.